The molecule has 0 unspecified atom stereocenters. The smallest absolute Gasteiger partial charge is 0.326 e. The normalized spacial score (nSPS) is 11.5. The van der Waals surface area contributed by atoms with E-state index in [-0.39, 0.29) is 37.0 Å². The lowest BCUT2D eigenvalue weighted by atomic mass is 10.1. The van der Waals surface area contributed by atoms with E-state index in [9.17, 15) is 18.0 Å². The van der Waals surface area contributed by atoms with Gasteiger partial charge in [0.25, 0.3) is 0 Å². The van der Waals surface area contributed by atoms with Gasteiger partial charge < -0.3 is 11.1 Å². The zero-order valence-corrected chi connectivity index (χ0v) is 17.9. The van der Waals surface area contributed by atoms with Gasteiger partial charge in [-0.15, -0.1) is 12.4 Å². The molecule has 0 bridgehead atoms. The van der Waals surface area contributed by atoms with Gasteiger partial charge in [0.05, 0.1) is 11.3 Å². The average molecular weight is 433 g/mol. The second kappa shape index (κ2) is 10.1. The molecule has 1 heterocycles. The molecule has 0 saturated heterocycles. The van der Waals surface area contributed by atoms with Crippen molar-refractivity contribution < 1.29 is 18.0 Å². The summed E-state index contributed by atoms with van der Waals surface area (Å²) in [5.74, 6) is 0.101. The fourth-order valence-electron chi connectivity index (χ4n) is 3.13. The number of nitrogens with zero attached hydrogens (tertiary/aromatic N) is 2. The fraction of sp³-hybridized carbons (Fsp3) is 0.500. The molecule has 0 aliphatic heterocycles. The van der Waals surface area contributed by atoms with Crippen molar-refractivity contribution >= 4 is 24.0 Å². The Balaban J connectivity index is 0.00000420. The molecule has 0 atom stereocenters. The topological polar surface area (TPSA) is 72.9 Å². The largest absolute Gasteiger partial charge is 0.416 e. The lowest BCUT2D eigenvalue weighted by molar-refractivity contribution is -0.137. The van der Waals surface area contributed by atoms with Crippen LogP contribution in [0.2, 0.25) is 0 Å². The highest BCUT2D eigenvalue weighted by molar-refractivity contribution is 5.91. The van der Waals surface area contributed by atoms with Crippen molar-refractivity contribution in [1.29, 1.82) is 0 Å². The van der Waals surface area contributed by atoms with E-state index in [1.165, 1.54) is 6.07 Å². The predicted molar refractivity (Wildman–Crippen MR) is 110 cm³/mol. The zero-order valence-electron chi connectivity index (χ0n) is 17.1. The number of halogens is 4. The van der Waals surface area contributed by atoms with E-state index < -0.39 is 11.7 Å². The lowest BCUT2D eigenvalue weighted by Gasteiger charge is -2.12. The van der Waals surface area contributed by atoms with Gasteiger partial charge >= 0.3 is 6.18 Å². The number of anilines is 1. The van der Waals surface area contributed by atoms with Gasteiger partial charge in [-0.1, -0.05) is 13.8 Å². The molecule has 9 heteroatoms. The van der Waals surface area contributed by atoms with Crippen LogP contribution in [0.25, 0.3) is 0 Å². The number of amides is 1. The first-order valence-electron chi connectivity index (χ1n) is 9.25. The number of rotatable bonds is 7. The maximum atomic E-state index is 13.0. The Morgan fingerprint density at radius 2 is 1.90 bits per heavy atom. The van der Waals surface area contributed by atoms with Gasteiger partial charge in [-0.2, -0.15) is 18.3 Å². The van der Waals surface area contributed by atoms with Crippen LogP contribution in [0.5, 0.6) is 0 Å². The zero-order chi connectivity index (χ0) is 21.1. The molecule has 2 rings (SSSR count). The molecule has 0 radical (unpaired) electrons. The van der Waals surface area contributed by atoms with Gasteiger partial charge in [0, 0.05) is 30.9 Å². The van der Waals surface area contributed by atoms with Crippen molar-refractivity contribution in [2.45, 2.75) is 59.8 Å². The van der Waals surface area contributed by atoms with Crippen LogP contribution in [0.1, 0.15) is 48.3 Å². The van der Waals surface area contributed by atoms with Crippen LogP contribution in [0, 0.1) is 19.8 Å². The highest BCUT2D eigenvalue weighted by Gasteiger charge is 2.31. The standard InChI is InChI=1S/C20H27F3N4O.ClH/c1-12(2)11-27-14(4)18(13(3)26-27)5-6-19(28)25-17-8-15(10-24)7-16(9-17)20(21,22)23;/h7-9,12H,5-6,10-11,24H2,1-4H3,(H,25,28);1H. The first kappa shape index (κ1) is 25.0. The summed E-state index contributed by atoms with van der Waals surface area (Å²) in [6, 6.07) is 3.38. The van der Waals surface area contributed by atoms with Gasteiger partial charge in [0.2, 0.25) is 5.91 Å². The second-order valence-electron chi connectivity index (χ2n) is 7.39. The summed E-state index contributed by atoms with van der Waals surface area (Å²) in [6.07, 6.45) is -3.86. The second-order valence-corrected chi connectivity index (χ2v) is 7.39. The Morgan fingerprint density at radius 1 is 1.24 bits per heavy atom. The molecule has 1 aromatic heterocycles. The van der Waals surface area contributed by atoms with E-state index in [2.05, 4.69) is 24.3 Å². The third-order valence-corrected chi connectivity index (χ3v) is 4.51. The SMILES string of the molecule is Cc1nn(CC(C)C)c(C)c1CCC(=O)Nc1cc(CN)cc(C(F)(F)F)c1.Cl. The van der Waals surface area contributed by atoms with Crippen LogP contribution in [-0.4, -0.2) is 15.7 Å². The minimum atomic E-state index is -4.50. The molecule has 1 aromatic carbocycles. The molecule has 0 aliphatic rings. The van der Waals surface area contributed by atoms with Crippen LogP contribution in [0.15, 0.2) is 18.2 Å². The highest BCUT2D eigenvalue weighted by atomic mass is 35.5. The van der Waals surface area contributed by atoms with Crippen molar-refractivity contribution in [3.63, 3.8) is 0 Å². The van der Waals surface area contributed by atoms with Crippen LogP contribution in [-0.2, 0) is 30.5 Å². The summed E-state index contributed by atoms with van der Waals surface area (Å²) < 4.78 is 41.0. The first-order valence-corrected chi connectivity index (χ1v) is 9.25. The third-order valence-electron chi connectivity index (χ3n) is 4.51. The van der Waals surface area contributed by atoms with Crippen LogP contribution in [0.3, 0.4) is 0 Å². The summed E-state index contributed by atoms with van der Waals surface area (Å²) >= 11 is 0. The molecule has 1 amide bonds. The highest BCUT2D eigenvalue weighted by Crippen LogP contribution is 2.32. The Bertz CT molecular complexity index is 847. The number of nitrogens with one attached hydrogen (secondary N) is 1. The maximum absolute atomic E-state index is 13.0. The number of carbonyl (C=O) groups excluding carboxylic acids is 1. The van der Waals surface area contributed by atoms with Crippen LogP contribution >= 0.6 is 12.4 Å². The van der Waals surface area contributed by atoms with Crippen molar-refractivity contribution in [3.05, 3.63) is 46.3 Å². The van der Waals surface area contributed by atoms with E-state index in [1.54, 1.807) is 0 Å². The fourth-order valence-corrected chi connectivity index (χ4v) is 3.13. The first-order chi connectivity index (χ1) is 13.0. The monoisotopic (exact) mass is 432 g/mol. The van der Waals surface area contributed by atoms with E-state index in [4.69, 9.17) is 5.73 Å². The molecular weight excluding hydrogens is 405 g/mol. The predicted octanol–water partition coefficient (Wildman–Crippen LogP) is 4.63. The summed E-state index contributed by atoms with van der Waals surface area (Å²) in [4.78, 5) is 12.3. The molecule has 2 aromatic rings. The lowest BCUT2D eigenvalue weighted by Crippen LogP contribution is -2.15. The number of aryl methyl sites for hydroxylation is 1. The van der Waals surface area contributed by atoms with E-state index >= 15 is 0 Å². The van der Waals surface area contributed by atoms with E-state index in [0.29, 0.717) is 17.9 Å². The van der Waals surface area contributed by atoms with Gasteiger partial charge in [-0.05, 0) is 55.5 Å². The number of carbonyl (C=O) groups is 1. The van der Waals surface area contributed by atoms with Crippen molar-refractivity contribution in [3.8, 4) is 0 Å². The molecule has 29 heavy (non-hydrogen) atoms. The molecule has 0 spiro atoms. The van der Waals surface area contributed by atoms with Crippen LogP contribution < -0.4 is 11.1 Å². The average Bonchev–Trinajstić information content (AvgIpc) is 2.84. The van der Waals surface area contributed by atoms with Crippen molar-refractivity contribution in [2.24, 2.45) is 11.7 Å². The Hall–Kier alpha value is -2.06. The van der Waals surface area contributed by atoms with Gasteiger partial charge in [-0.25, -0.2) is 0 Å². The molecule has 162 valence electrons. The number of hydrogen-bond donors (Lipinski definition) is 2. The Morgan fingerprint density at radius 3 is 2.45 bits per heavy atom. The summed E-state index contributed by atoms with van der Waals surface area (Å²) in [7, 11) is 0. The van der Waals surface area contributed by atoms with E-state index in [0.717, 1.165) is 35.6 Å². The van der Waals surface area contributed by atoms with Crippen molar-refractivity contribution in [2.75, 3.05) is 5.32 Å². The number of aromatic nitrogens is 2. The Kier molecular flexibility index (Phi) is 8.71. The molecule has 0 aliphatic carbocycles. The Labute approximate surface area is 175 Å². The van der Waals surface area contributed by atoms with Gasteiger partial charge in [0.1, 0.15) is 0 Å². The van der Waals surface area contributed by atoms with Gasteiger partial charge in [-0.3, -0.25) is 9.48 Å². The number of hydrogen-bond acceptors (Lipinski definition) is 3. The quantitative estimate of drug-likeness (QED) is 0.670. The summed E-state index contributed by atoms with van der Waals surface area (Å²) in [5, 5.41) is 7.08. The van der Waals surface area contributed by atoms with Crippen molar-refractivity contribution in [1.82, 2.24) is 9.78 Å². The summed E-state index contributed by atoms with van der Waals surface area (Å²) in [5.41, 5.74) is 7.95. The minimum Gasteiger partial charge on any atom is -0.326 e. The maximum Gasteiger partial charge on any atom is 0.416 e. The molecule has 3 N–H and O–H groups in total. The number of nitrogens with two attached hydrogens (primary N) is 1. The van der Waals surface area contributed by atoms with E-state index in [1.807, 2.05) is 18.5 Å². The number of alkyl halides is 3. The summed E-state index contributed by atoms with van der Waals surface area (Å²) in [6.45, 7) is 8.83. The number of benzene rings is 1. The van der Waals surface area contributed by atoms with Gasteiger partial charge in [0.15, 0.2) is 0 Å². The molecule has 5 nitrogen and oxygen atoms in total. The minimum absolute atomic E-state index is 0. The molecule has 0 saturated carbocycles. The third kappa shape index (κ3) is 6.75. The molecular formula is C20H28ClF3N4O. The van der Waals surface area contributed by atoms with Crippen LogP contribution in [0.4, 0.5) is 18.9 Å². The molecule has 0 fully saturated rings.